The van der Waals surface area contributed by atoms with Gasteiger partial charge in [0.1, 0.15) is 0 Å². The molecule has 1 aliphatic heterocycles. The van der Waals surface area contributed by atoms with Crippen LogP contribution in [0.2, 0.25) is 0 Å². The molecule has 0 saturated carbocycles. The van der Waals surface area contributed by atoms with E-state index in [0.717, 1.165) is 65.8 Å². The normalized spacial score (nSPS) is 13.1. The van der Waals surface area contributed by atoms with Crippen LogP contribution in [0.3, 0.4) is 0 Å². The van der Waals surface area contributed by atoms with Gasteiger partial charge in [-0.2, -0.15) is 10.5 Å². The zero-order valence-corrected chi connectivity index (χ0v) is 23.7. The highest BCUT2D eigenvalue weighted by Crippen LogP contribution is 2.50. The summed E-state index contributed by atoms with van der Waals surface area (Å²) in [4.78, 5) is 28.8. The smallest absolute Gasteiger partial charge is 0.261 e. The van der Waals surface area contributed by atoms with Gasteiger partial charge in [-0.15, -0.1) is 0 Å². The van der Waals surface area contributed by atoms with Gasteiger partial charge in [-0.1, -0.05) is 31.4 Å². The zero-order valence-electron chi connectivity index (χ0n) is 23.7. The molecule has 6 heteroatoms. The van der Waals surface area contributed by atoms with Crippen molar-refractivity contribution in [3.05, 3.63) is 82.9 Å². The summed E-state index contributed by atoms with van der Waals surface area (Å²) in [6.07, 6.45) is 0.560. The van der Waals surface area contributed by atoms with Crippen LogP contribution in [-0.2, 0) is 4.79 Å². The quantitative estimate of drug-likeness (QED) is 0.135. The Morgan fingerprint density at radius 3 is 1.95 bits per heavy atom. The molecule has 2 amide bonds. The topological polar surface area (TPSA) is 88.2 Å². The summed E-state index contributed by atoms with van der Waals surface area (Å²) in [6, 6.07) is 15.9. The number of hydrogen-bond donors (Lipinski definition) is 0. The molecule has 0 aliphatic carbocycles. The number of benzene rings is 5. The van der Waals surface area contributed by atoms with E-state index < -0.39 is 5.91 Å². The van der Waals surface area contributed by atoms with E-state index in [1.165, 1.54) is 4.90 Å². The van der Waals surface area contributed by atoms with E-state index in [2.05, 4.69) is 44.0 Å². The summed E-state index contributed by atoms with van der Waals surface area (Å²) in [6.45, 7) is 18.4. The number of fused-ring (bicyclic) bond motifs is 2. The van der Waals surface area contributed by atoms with E-state index in [1.54, 1.807) is 19.9 Å². The largest absolute Gasteiger partial charge is 0.339 e. The maximum atomic E-state index is 13.7. The number of nitriles is 2. The molecule has 200 valence electrons. The molecule has 0 spiro atoms. The highest BCUT2D eigenvalue weighted by Gasteiger charge is 2.31. The number of rotatable bonds is 4. The van der Waals surface area contributed by atoms with Gasteiger partial charge >= 0.3 is 0 Å². The molecule has 0 bridgehead atoms. The van der Waals surface area contributed by atoms with Crippen molar-refractivity contribution in [2.45, 2.75) is 46.7 Å². The van der Waals surface area contributed by atoms with E-state index in [9.17, 15) is 20.1 Å². The second-order valence-electron chi connectivity index (χ2n) is 11.3. The van der Waals surface area contributed by atoms with E-state index in [0.29, 0.717) is 28.5 Å². The molecular formula is C35H28N4O2. The van der Waals surface area contributed by atoms with Crippen LogP contribution in [0.1, 0.15) is 65.9 Å². The fraction of sp³-hybridized carbons (Fsp3) is 0.200. The van der Waals surface area contributed by atoms with Crippen molar-refractivity contribution in [1.82, 2.24) is 9.80 Å². The summed E-state index contributed by atoms with van der Waals surface area (Å²) >= 11 is 0. The highest BCUT2D eigenvalue weighted by molar-refractivity contribution is 6.38. The SMILES string of the molecule is C=C1c2ccc3c4c(C#N)cc(C)c5c(C(=O)N(C=O)C(C)C)ccc(c6c(C#N)cc(c2c36)C(=C)N1C(C)C)c54. The van der Waals surface area contributed by atoms with Crippen LogP contribution in [0.25, 0.3) is 54.5 Å². The predicted molar refractivity (Wildman–Crippen MR) is 164 cm³/mol. The van der Waals surface area contributed by atoms with Gasteiger partial charge in [-0.25, -0.2) is 0 Å². The highest BCUT2D eigenvalue weighted by atomic mass is 16.2. The molecule has 0 saturated heterocycles. The van der Waals surface area contributed by atoms with Gasteiger partial charge < -0.3 is 4.90 Å². The Balaban J connectivity index is 1.89. The second-order valence-corrected chi connectivity index (χ2v) is 11.3. The molecule has 0 N–H and O–H groups in total. The maximum absolute atomic E-state index is 13.7. The van der Waals surface area contributed by atoms with Gasteiger partial charge in [0.2, 0.25) is 6.41 Å². The molecule has 0 radical (unpaired) electrons. The fourth-order valence-corrected chi connectivity index (χ4v) is 6.72. The van der Waals surface area contributed by atoms with Crippen molar-refractivity contribution >= 4 is 66.8 Å². The van der Waals surface area contributed by atoms with Gasteiger partial charge in [0.25, 0.3) is 5.91 Å². The van der Waals surface area contributed by atoms with Crippen molar-refractivity contribution in [2.24, 2.45) is 0 Å². The van der Waals surface area contributed by atoms with Gasteiger partial charge in [0, 0.05) is 61.7 Å². The molecular weight excluding hydrogens is 508 g/mol. The number of amides is 2. The van der Waals surface area contributed by atoms with Crippen LogP contribution in [-0.4, -0.2) is 34.2 Å². The van der Waals surface area contributed by atoms with Crippen molar-refractivity contribution in [3.8, 4) is 12.1 Å². The monoisotopic (exact) mass is 536 g/mol. The van der Waals surface area contributed by atoms with Crippen molar-refractivity contribution < 1.29 is 9.59 Å². The van der Waals surface area contributed by atoms with Gasteiger partial charge in [0.15, 0.2) is 0 Å². The number of hydrogen-bond acceptors (Lipinski definition) is 5. The summed E-state index contributed by atoms with van der Waals surface area (Å²) < 4.78 is 0. The molecule has 0 aromatic heterocycles. The number of imide groups is 1. The summed E-state index contributed by atoms with van der Waals surface area (Å²) in [5, 5.41) is 27.1. The minimum atomic E-state index is -0.404. The molecule has 6 nitrogen and oxygen atoms in total. The van der Waals surface area contributed by atoms with Gasteiger partial charge in [-0.3, -0.25) is 14.5 Å². The molecule has 0 atom stereocenters. The standard InChI is InChI=1S/C35H28N4O2/c1-17(2)38(16-40)35(41)27-11-10-25-31-23(15-37)13-28-21(7)39(18(3)4)20(6)24-8-9-26(34(31)32(24)28)30-22(14-36)12-19(5)29(27)33(25)30/h8-13,16-18H,6-7H2,1-5H3. The minimum Gasteiger partial charge on any atom is -0.339 e. The van der Waals surface area contributed by atoms with Crippen molar-refractivity contribution in [1.29, 1.82) is 10.5 Å². The van der Waals surface area contributed by atoms with Gasteiger partial charge in [0.05, 0.1) is 23.3 Å². The Hall–Kier alpha value is -5.20. The first-order valence-corrected chi connectivity index (χ1v) is 13.6. The van der Waals surface area contributed by atoms with Crippen LogP contribution in [0.4, 0.5) is 0 Å². The Morgan fingerprint density at radius 1 is 0.829 bits per heavy atom. The Morgan fingerprint density at radius 2 is 1.39 bits per heavy atom. The molecule has 0 unspecified atom stereocenters. The minimum absolute atomic E-state index is 0.117. The predicted octanol–water partition coefficient (Wildman–Crippen LogP) is 7.46. The van der Waals surface area contributed by atoms with E-state index in [-0.39, 0.29) is 12.1 Å². The average molecular weight is 537 g/mol. The van der Waals surface area contributed by atoms with E-state index in [4.69, 9.17) is 0 Å². The lowest BCUT2D eigenvalue weighted by Gasteiger charge is -2.38. The first kappa shape index (κ1) is 26.0. The third-order valence-corrected chi connectivity index (χ3v) is 8.40. The summed E-state index contributed by atoms with van der Waals surface area (Å²) in [5.74, 6) is -0.404. The molecule has 5 aromatic carbocycles. The van der Waals surface area contributed by atoms with Gasteiger partial charge in [-0.05, 0) is 79.9 Å². The second kappa shape index (κ2) is 8.91. The Labute approximate surface area is 238 Å². The first-order valence-electron chi connectivity index (χ1n) is 13.6. The number of carbonyl (C=O) groups is 2. The van der Waals surface area contributed by atoms with Crippen molar-refractivity contribution in [3.63, 3.8) is 0 Å². The summed E-state index contributed by atoms with van der Waals surface area (Å²) in [5.41, 5.74) is 5.56. The molecule has 5 aromatic rings. The van der Waals surface area contributed by atoms with Crippen LogP contribution < -0.4 is 0 Å². The fourth-order valence-electron chi connectivity index (χ4n) is 6.72. The van der Waals surface area contributed by atoms with Crippen molar-refractivity contribution in [2.75, 3.05) is 0 Å². The first-order chi connectivity index (χ1) is 19.6. The lowest BCUT2D eigenvalue weighted by Crippen LogP contribution is -2.35. The van der Waals surface area contributed by atoms with Crippen LogP contribution in [0.15, 0.2) is 49.6 Å². The maximum Gasteiger partial charge on any atom is 0.261 e. The van der Waals surface area contributed by atoms with Crippen LogP contribution in [0.5, 0.6) is 0 Å². The Kier molecular flexibility index (Phi) is 5.66. The Bertz CT molecular complexity index is 2120. The van der Waals surface area contributed by atoms with E-state index in [1.807, 2.05) is 37.3 Å². The molecule has 0 fully saturated rings. The number of carbonyl (C=O) groups excluding carboxylic acids is 2. The lowest BCUT2D eigenvalue weighted by atomic mass is 9.79. The number of nitrogens with zero attached hydrogens (tertiary/aromatic N) is 4. The van der Waals surface area contributed by atoms with E-state index >= 15 is 0 Å². The third kappa shape index (κ3) is 3.28. The van der Waals surface area contributed by atoms with Crippen LogP contribution >= 0.6 is 0 Å². The zero-order chi connectivity index (χ0) is 29.5. The molecule has 1 heterocycles. The lowest BCUT2D eigenvalue weighted by molar-refractivity contribution is -0.117. The molecule has 6 rings (SSSR count). The average Bonchev–Trinajstić information content (AvgIpc) is 2.94. The summed E-state index contributed by atoms with van der Waals surface area (Å²) in [7, 11) is 0. The molecule has 41 heavy (non-hydrogen) atoms. The third-order valence-electron chi connectivity index (χ3n) is 8.40. The number of aryl methyl sites for hydroxylation is 1. The van der Waals surface area contributed by atoms with Crippen LogP contribution in [0, 0.1) is 29.6 Å². The molecule has 1 aliphatic rings.